The molecule has 6 heteroatoms. The second-order valence-corrected chi connectivity index (χ2v) is 3.91. The van der Waals surface area contributed by atoms with Gasteiger partial charge in [0.2, 0.25) is 5.88 Å². The van der Waals surface area contributed by atoms with Crippen molar-refractivity contribution in [1.82, 2.24) is 5.16 Å². The lowest BCUT2D eigenvalue weighted by atomic mass is 10.1. The fourth-order valence-electron chi connectivity index (χ4n) is 1.86. The van der Waals surface area contributed by atoms with Crippen molar-refractivity contribution in [2.45, 2.75) is 6.42 Å². The zero-order valence-electron chi connectivity index (χ0n) is 9.48. The molecule has 18 heavy (non-hydrogen) atoms. The predicted octanol–water partition coefficient (Wildman–Crippen LogP) is 2.22. The Morgan fingerprint density at radius 2 is 2.06 bits per heavy atom. The first-order chi connectivity index (χ1) is 8.75. The maximum atomic E-state index is 13.9. The summed E-state index contributed by atoms with van der Waals surface area (Å²) in [5, 5.41) is 3.71. The smallest absolute Gasteiger partial charge is 0.222 e. The van der Waals surface area contributed by atoms with Crippen molar-refractivity contribution >= 4 is 5.88 Å². The van der Waals surface area contributed by atoms with Gasteiger partial charge in [0.1, 0.15) is 11.5 Å². The molecule has 0 spiro atoms. The average Bonchev–Trinajstić information content (AvgIpc) is 2.63. The molecule has 0 saturated heterocycles. The zero-order valence-corrected chi connectivity index (χ0v) is 9.48. The Bertz CT molecular complexity index is 583. The molecule has 2 N–H and O–H groups in total. The molecule has 1 aromatic heterocycles. The van der Waals surface area contributed by atoms with Gasteiger partial charge in [-0.05, 0) is 12.1 Å². The predicted molar refractivity (Wildman–Crippen MR) is 61.9 cm³/mol. The van der Waals surface area contributed by atoms with Crippen LogP contribution in [0.25, 0.3) is 11.3 Å². The third-order valence-electron chi connectivity index (χ3n) is 2.65. The van der Waals surface area contributed by atoms with E-state index in [1.165, 1.54) is 12.1 Å². The third kappa shape index (κ3) is 1.75. The van der Waals surface area contributed by atoms with Gasteiger partial charge in [0.15, 0.2) is 11.5 Å². The van der Waals surface area contributed by atoms with Crippen LogP contribution in [0.4, 0.5) is 10.3 Å². The Hall–Kier alpha value is -2.24. The standard InChI is InChI=1S/C12H11FN2O3/c13-7-2-3-9-12(17-5-1-4-16-9)11(7)8-6-10(14)18-15-8/h2-3,6H,1,4-5,14H2. The fraction of sp³-hybridized carbons (Fsp3) is 0.250. The summed E-state index contributed by atoms with van der Waals surface area (Å²) in [7, 11) is 0. The number of hydrogen-bond donors (Lipinski definition) is 1. The van der Waals surface area contributed by atoms with Gasteiger partial charge in [0.25, 0.3) is 0 Å². The van der Waals surface area contributed by atoms with Gasteiger partial charge >= 0.3 is 0 Å². The van der Waals surface area contributed by atoms with Crippen LogP contribution in [0.5, 0.6) is 11.5 Å². The van der Waals surface area contributed by atoms with E-state index in [0.29, 0.717) is 30.4 Å². The first kappa shape index (κ1) is 10.9. The van der Waals surface area contributed by atoms with Crippen molar-refractivity contribution in [3.05, 3.63) is 24.0 Å². The van der Waals surface area contributed by atoms with Crippen LogP contribution < -0.4 is 15.2 Å². The Morgan fingerprint density at radius 3 is 2.83 bits per heavy atom. The number of rotatable bonds is 1. The van der Waals surface area contributed by atoms with Crippen LogP contribution in [0.15, 0.2) is 22.7 Å². The minimum absolute atomic E-state index is 0.122. The number of hydrogen-bond acceptors (Lipinski definition) is 5. The molecule has 1 aliphatic rings. The van der Waals surface area contributed by atoms with Gasteiger partial charge in [-0.3, -0.25) is 0 Å². The molecule has 0 radical (unpaired) electrons. The van der Waals surface area contributed by atoms with Crippen LogP contribution in [0, 0.1) is 5.82 Å². The Morgan fingerprint density at radius 1 is 1.22 bits per heavy atom. The summed E-state index contributed by atoms with van der Waals surface area (Å²) in [4.78, 5) is 0. The van der Waals surface area contributed by atoms with Gasteiger partial charge in [-0.15, -0.1) is 0 Å². The SMILES string of the molecule is Nc1cc(-c2c(F)ccc3c2OCCCO3)no1. The van der Waals surface area contributed by atoms with Gasteiger partial charge in [0.05, 0.1) is 18.8 Å². The normalized spacial score (nSPS) is 14.3. The Kier molecular flexibility index (Phi) is 2.55. The number of benzene rings is 1. The highest BCUT2D eigenvalue weighted by Crippen LogP contribution is 2.41. The summed E-state index contributed by atoms with van der Waals surface area (Å²) in [6.07, 6.45) is 0.747. The van der Waals surface area contributed by atoms with E-state index in [4.69, 9.17) is 19.7 Å². The molecule has 1 aliphatic heterocycles. The molecule has 2 heterocycles. The lowest BCUT2D eigenvalue weighted by Gasteiger charge is -2.11. The van der Waals surface area contributed by atoms with E-state index in [2.05, 4.69) is 5.16 Å². The molecule has 0 unspecified atom stereocenters. The second-order valence-electron chi connectivity index (χ2n) is 3.91. The van der Waals surface area contributed by atoms with Crippen LogP contribution in [0.3, 0.4) is 0 Å². The number of nitrogens with two attached hydrogens (primary N) is 1. The van der Waals surface area contributed by atoms with Gasteiger partial charge < -0.3 is 19.7 Å². The summed E-state index contributed by atoms with van der Waals surface area (Å²) in [6, 6.07) is 4.31. The monoisotopic (exact) mass is 250 g/mol. The molecule has 2 aromatic rings. The molecule has 0 fully saturated rings. The van der Waals surface area contributed by atoms with Crippen molar-refractivity contribution in [1.29, 1.82) is 0 Å². The quantitative estimate of drug-likeness (QED) is 0.840. The Labute approximate surface area is 102 Å². The van der Waals surface area contributed by atoms with Gasteiger partial charge in [-0.25, -0.2) is 4.39 Å². The number of anilines is 1. The van der Waals surface area contributed by atoms with Crippen molar-refractivity contribution in [3.63, 3.8) is 0 Å². The Balaban J connectivity index is 2.18. The van der Waals surface area contributed by atoms with Crippen LogP contribution in [-0.2, 0) is 0 Å². The molecule has 0 saturated carbocycles. The summed E-state index contributed by atoms with van der Waals surface area (Å²) < 4.78 is 29.7. The molecule has 0 bridgehead atoms. The lowest BCUT2D eigenvalue weighted by molar-refractivity contribution is 0.297. The highest BCUT2D eigenvalue weighted by Gasteiger charge is 2.22. The van der Waals surface area contributed by atoms with Gasteiger partial charge in [-0.1, -0.05) is 5.16 Å². The third-order valence-corrected chi connectivity index (χ3v) is 2.65. The van der Waals surface area contributed by atoms with E-state index in [9.17, 15) is 4.39 Å². The van der Waals surface area contributed by atoms with Crippen LogP contribution in [0.1, 0.15) is 6.42 Å². The molecule has 0 aliphatic carbocycles. The van der Waals surface area contributed by atoms with E-state index < -0.39 is 5.82 Å². The number of nitrogen functional groups attached to an aromatic ring is 1. The molecule has 94 valence electrons. The number of fused-ring (bicyclic) bond motifs is 1. The molecule has 0 amide bonds. The number of ether oxygens (including phenoxy) is 2. The van der Waals surface area contributed by atoms with E-state index in [-0.39, 0.29) is 11.4 Å². The van der Waals surface area contributed by atoms with E-state index in [0.717, 1.165) is 6.42 Å². The summed E-state index contributed by atoms with van der Waals surface area (Å²) in [5.74, 6) is 0.523. The number of nitrogens with zero attached hydrogens (tertiary/aromatic N) is 1. The highest BCUT2D eigenvalue weighted by atomic mass is 19.1. The minimum atomic E-state index is -0.451. The zero-order chi connectivity index (χ0) is 12.5. The molecule has 3 rings (SSSR count). The topological polar surface area (TPSA) is 70.5 Å². The van der Waals surface area contributed by atoms with Crippen molar-refractivity contribution < 1.29 is 18.4 Å². The minimum Gasteiger partial charge on any atom is -0.490 e. The van der Waals surface area contributed by atoms with E-state index in [1.807, 2.05) is 0 Å². The lowest BCUT2D eigenvalue weighted by Crippen LogP contribution is -1.98. The van der Waals surface area contributed by atoms with Crippen molar-refractivity contribution in [3.8, 4) is 22.8 Å². The van der Waals surface area contributed by atoms with Crippen LogP contribution in [-0.4, -0.2) is 18.4 Å². The van der Waals surface area contributed by atoms with Gasteiger partial charge in [-0.2, -0.15) is 0 Å². The van der Waals surface area contributed by atoms with Crippen molar-refractivity contribution in [2.24, 2.45) is 0 Å². The van der Waals surface area contributed by atoms with Gasteiger partial charge in [0, 0.05) is 12.5 Å². The maximum Gasteiger partial charge on any atom is 0.222 e. The summed E-state index contributed by atoms with van der Waals surface area (Å²) in [6.45, 7) is 1.01. The van der Waals surface area contributed by atoms with Crippen molar-refractivity contribution in [2.75, 3.05) is 18.9 Å². The van der Waals surface area contributed by atoms with E-state index in [1.54, 1.807) is 6.07 Å². The molecule has 0 atom stereocenters. The van der Waals surface area contributed by atoms with Crippen LogP contribution in [0.2, 0.25) is 0 Å². The average molecular weight is 250 g/mol. The molecular weight excluding hydrogens is 239 g/mol. The molecular formula is C12H11FN2O3. The number of aromatic nitrogens is 1. The maximum absolute atomic E-state index is 13.9. The first-order valence-corrected chi connectivity index (χ1v) is 5.56. The molecule has 5 nitrogen and oxygen atoms in total. The summed E-state index contributed by atoms with van der Waals surface area (Å²) in [5.41, 5.74) is 5.97. The first-order valence-electron chi connectivity index (χ1n) is 5.56. The largest absolute Gasteiger partial charge is 0.490 e. The summed E-state index contributed by atoms with van der Waals surface area (Å²) >= 11 is 0. The fourth-order valence-corrected chi connectivity index (χ4v) is 1.86. The number of halogens is 1. The second kappa shape index (κ2) is 4.21. The molecule has 1 aromatic carbocycles. The van der Waals surface area contributed by atoms with Crippen LogP contribution >= 0.6 is 0 Å². The van der Waals surface area contributed by atoms with E-state index >= 15 is 0 Å². The highest BCUT2D eigenvalue weighted by molar-refractivity contribution is 5.72.